The molecular formula is C20H20N4O5. The molecule has 3 heterocycles. The molecule has 1 aliphatic heterocycles. The molecule has 2 aromatic heterocycles. The first-order valence-electron chi connectivity index (χ1n) is 9.38. The van der Waals surface area contributed by atoms with Crippen molar-refractivity contribution in [3.05, 3.63) is 68.6 Å². The number of aromatic nitrogens is 2. The summed E-state index contributed by atoms with van der Waals surface area (Å²) in [4.78, 5) is 54.9. The van der Waals surface area contributed by atoms with E-state index in [1.54, 1.807) is 47.1 Å². The van der Waals surface area contributed by atoms with Crippen molar-refractivity contribution in [2.45, 2.75) is 13.5 Å². The highest BCUT2D eigenvalue weighted by Gasteiger charge is 2.26. The highest BCUT2D eigenvalue weighted by atomic mass is 16.3. The summed E-state index contributed by atoms with van der Waals surface area (Å²) in [5.74, 6) is -0.0970. The third kappa shape index (κ3) is 3.35. The Kier molecular flexibility index (Phi) is 4.79. The molecule has 150 valence electrons. The number of carbonyl (C=O) groups excluding carboxylic acids is 2. The number of nitrogens with zero attached hydrogens (tertiary/aromatic N) is 3. The molecule has 0 radical (unpaired) electrons. The molecule has 3 aromatic rings. The molecule has 9 heteroatoms. The van der Waals surface area contributed by atoms with E-state index in [2.05, 4.69) is 4.98 Å². The van der Waals surface area contributed by atoms with Crippen LogP contribution >= 0.6 is 0 Å². The van der Waals surface area contributed by atoms with E-state index in [1.807, 2.05) is 0 Å². The maximum Gasteiger partial charge on any atom is 0.316 e. The van der Waals surface area contributed by atoms with Gasteiger partial charge < -0.3 is 23.8 Å². The fourth-order valence-corrected chi connectivity index (χ4v) is 3.58. The minimum Gasteiger partial charge on any atom is -0.459 e. The van der Waals surface area contributed by atoms with E-state index in [-0.39, 0.29) is 17.6 Å². The van der Waals surface area contributed by atoms with Gasteiger partial charge in [0.15, 0.2) is 5.76 Å². The second-order valence-corrected chi connectivity index (χ2v) is 6.80. The number of furan rings is 1. The number of H-pyrrole nitrogens is 1. The van der Waals surface area contributed by atoms with E-state index in [1.165, 1.54) is 10.8 Å². The molecule has 0 aliphatic carbocycles. The number of benzene rings is 1. The molecule has 1 N–H and O–H groups in total. The number of aryl methyl sites for hydroxylation is 1. The van der Waals surface area contributed by atoms with Gasteiger partial charge in [-0.25, -0.2) is 0 Å². The molecule has 1 saturated heterocycles. The standard InChI is InChI=1S/C20H20N4O5/c1-2-24-15-6-5-13(12-14(15)21-17(25)20(24)28)18(26)22-7-9-23(10-8-22)19(27)16-4-3-11-29-16/h3-6,11-12H,2,7-10H2,1H3,(H,21,25). The minimum atomic E-state index is -0.714. The molecule has 0 atom stereocenters. The van der Waals surface area contributed by atoms with E-state index in [9.17, 15) is 19.2 Å². The fourth-order valence-electron chi connectivity index (χ4n) is 3.58. The Morgan fingerprint density at radius 1 is 1.03 bits per heavy atom. The topological polar surface area (TPSA) is 109 Å². The highest BCUT2D eigenvalue weighted by molar-refractivity contribution is 5.97. The van der Waals surface area contributed by atoms with E-state index < -0.39 is 11.1 Å². The lowest BCUT2D eigenvalue weighted by Gasteiger charge is -2.34. The Morgan fingerprint density at radius 2 is 1.72 bits per heavy atom. The van der Waals surface area contributed by atoms with Crippen molar-refractivity contribution >= 4 is 22.8 Å². The minimum absolute atomic E-state index is 0.188. The third-order valence-electron chi connectivity index (χ3n) is 5.12. The molecular weight excluding hydrogens is 376 g/mol. The van der Waals surface area contributed by atoms with Crippen LogP contribution in [0.4, 0.5) is 0 Å². The number of aromatic amines is 1. The van der Waals surface area contributed by atoms with E-state index in [0.717, 1.165) is 0 Å². The van der Waals surface area contributed by atoms with Crippen LogP contribution in [0.1, 0.15) is 27.8 Å². The van der Waals surface area contributed by atoms with E-state index >= 15 is 0 Å². The highest BCUT2D eigenvalue weighted by Crippen LogP contribution is 2.16. The van der Waals surface area contributed by atoms with Crippen LogP contribution < -0.4 is 11.1 Å². The summed E-state index contributed by atoms with van der Waals surface area (Å²) in [5.41, 5.74) is 0.0992. The number of carbonyl (C=O) groups is 2. The number of hydrogen-bond donors (Lipinski definition) is 1. The normalized spacial score (nSPS) is 14.4. The van der Waals surface area contributed by atoms with Gasteiger partial charge in [0, 0.05) is 38.3 Å². The number of piperazine rings is 1. The summed E-state index contributed by atoms with van der Waals surface area (Å²) in [6.07, 6.45) is 1.45. The molecule has 9 nitrogen and oxygen atoms in total. The second kappa shape index (κ2) is 7.42. The monoisotopic (exact) mass is 396 g/mol. The predicted octanol–water partition coefficient (Wildman–Crippen LogP) is 0.901. The second-order valence-electron chi connectivity index (χ2n) is 6.80. The lowest BCUT2D eigenvalue weighted by molar-refractivity contribution is 0.0518. The summed E-state index contributed by atoms with van der Waals surface area (Å²) in [7, 11) is 0. The smallest absolute Gasteiger partial charge is 0.316 e. The van der Waals surface area contributed by atoms with Crippen molar-refractivity contribution in [2.24, 2.45) is 0 Å². The first-order valence-corrected chi connectivity index (χ1v) is 9.38. The van der Waals surface area contributed by atoms with Crippen molar-refractivity contribution in [1.82, 2.24) is 19.4 Å². The van der Waals surface area contributed by atoms with Crippen molar-refractivity contribution in [2.75, 3.05) is 26.2 Å². The van der Waals surface area contributed by atoms with Crippen LogP contribution in [0.25, 0.3) is 11.0 Å². The molecule has 4 rings (SSSR count). The Labute approximate surface area is 165 Å². The zero-order chi connectivity index (χ0) is 20.5. The van der Waals surface area contributed by atoms with Gasteiger partial charge in [-0.05, 0) is 37.3 Å². The number of nitrogens with one attached hydrogen (secondary N) is 1. The maximum absolute atomic E-state index is 12.9. The predicted molar refractivity (Wildman–Crippen MR) is 105 cm³/mol. The van der Waals surface area contributed by atoms with Crippen LogP contribution in [0.3, 0.4) is 0 Å². The van der Waals surface area contributed by atoms with Gasteiger partial charge in [-0.1, -0.05) is 0 Å². The quantitative estimate of drug-likeness (QED) is 0.662. The molecule has 1 aromatic carbocycles. The Hall–Kier alpha value is -3.62. The average Bonchev–Trinajstić information content (AvgIpc) is 3.28. The van der Waals surface area contributed by atoms with Crippen molar-refractivity contribution < 1.29 is 14.0 Å². The zero-order valence-electron chi connectivity index (χ0n) is 15.9. The summed E-state index contributed by atoms with van der Waals surface area (Å²) in [6.45, 7) is 3.75. The van der Waals surface area contributed by atoms with Gasteiger partial charge in [0.2, 0.25) is 0 Å². The fraction of sp³-hybridized carbons (Fsp3) is 0.300. The first kappa shape index (κ1) is 18.7. The molecule has 0 spiro atoms. The van der Waals surface area contributed by atoms with Crippen LogP contribution in [-0.2, 0) is 6.54 Å². The average molecular weight is 396 g/mol. The summed E-state index contributed by atoms with van der Waals surface area (Å²) in [5, 5.41) is 0. The molecule has 0 unspecified atom stereocenters. The summed E-state index contributed by atoms with van der Waals surface area (Å²) < 4.78 is 6.52. The SMILES string of the molecule is CCn1c(=O)c(=O)[nH]c2cc(C(=O)N3CCN(C(=O)c4ccco4)CC3)ccc21. The van der Waals surface area contributed by atoms with Gasteiger partial charge in [-0.2, -0.15) is 0 Å². The van der Waals surface area contributed by atoms with E-state index in [4.69, 9.17) is 4.42 Å². The molecule has 1 aliphatic rings. The molecule has 2 amide bonds. The Bertz CT molecular complexity index is 1180. The van der Waals surface area contributed by atoms with Gasteiger partial charge in [-0.3, -0.25) is 19.2 Å². The molecule has 1 fully saturated rings. The number of rotatable bonds is 3. The lowest BCUT2D eigenvalue weighted by atomic mass is 10.1. The third-order valence-corrected chi connectivity index (χ3v) is 5.12. The maximum atomic E-state index is 12.9. The van der Waals surface area contributed by atoms with Crippen LogP contribution in [0.2, 0.25) is 0 Å². The molecule has 0 saturated carbocycles. The van der Waals surface area contributed by atoms with Gasteiger partial charge in [-0.15, -0.1) is 0 Å². The van der Waals surface area contributed by atoms with Gasteiger partial charge in [0.05, 0.1) is 17.3 Å². The summed E-state index contributed by atoms with van der Waals surface area (Å²) >= 11 is 0. The Balaban J connectivity index is 1.52. The first-order chi connectivity index (χ1) is 14.0. The van der Waals surface area contributed by atoms with Gasteiger partial charge in [0.25, 0.3) is 11.8 Å². The van der Waals surface area contributed by atoms with Crippen molar-refractivity contribution in [1.29, 1.82) is 0 Å². The van der Waals surface area contributed by atoms with Gasteiger partial charge in [0.1, 0.15) is 0 Å². The van der Waals surface area contributed by atoms with Crippen LogP contribution in [0.15, 0.2) is 50.6 Å². The van der Waals surface area contributed by atoms with Crippen LogP contribution in [0, 0.1) is 0 Å². The lowest BCUT2D eigenvalue weighted by Crippen LogP contribution is -2.50. The number of amides is 2. The zero-order valence-corrected chi connectivity index (χ0v) is 15.9. The number of hydrogen-bond acceptors (Lipinski definition) is 5. The van der Waals surface area contributed by atoms with Crippen LogP contribution in [0.5, 0.6) is 0 Å². The number of fused-ring (bicyclic) bond motifs is 1. The Morgan fingerprint density at radius 3 is 2.34 bits per heavy atom. The molecule has 29 heavy (non-hydrogen) atoms. The van der Waals surface area contributed by atoms with Crippen molar-refractivity contribution in [3.63, 3.8) is 0 Å². The summed E-state index contributed by atoms with van der Waals surface area (Å²) in [6, 6.07) is 8.18. The molecule has 0 bridgehead atoms. The van der Waals surface area contributed by atoms with Crippen molar-refractivity contribution in [3.8, 4) is 0 Å². The van der Waals surface area contributed by atoms with Crippen LogP contribution in [-0.4, -0.2) is 57.3 Å². The van der Waals surface area contributed by atoms with Gasteiger partial charge >= 0.3 is 11.1 Å². The van der Waals surface area contributed by atoms with E-state index in [0.29, 0.717) is 49.3 Å². The largest absolute Gasteiger partial charge is 0.459 e.